The number of amides is 1. The number of hydrogen-bond donors (Lipinski definition) is 3. The Labute approximate surface area is 210 Å². The second kappa shape index (κ2) is 9.88. The summed E-state index contributed by atoms with van der Waals surface area (Å²) in [6, 6.07) is 4.63. The Morgan fingerprint density at radius 1 is 1.22 bits per heavy atom. The van der Waals surface area contributed by atoms with E-state index in [1.165, 1.54) is 18.5 Å². The number of carbonyl (C=O) groups is 1. The van der Waals surface area contributed by atoms with Gasteiger partial charge < -0.3 is 20.1 Å². The van der Waals surface area contributed by atoms with Crippen molar-refractivity contribution in [1.29, 1.82) is 5.41 Å². The minimum atomic E-state index is -4.49. The van der Waals surface area contributed by atoms with Crippen LogP contribution in [0.5, 0.6) is 0 Å². The number of furan rings is 1. The van der Waals surface area contributed by atoms with Gasteiger partial charge in [0.05, 0.1) is 35.9 Å². The fraction of sp³-hybridized carbons (Fsp3) is 0.240. The van der Waals surface area contributed by atoms with Crippen molar-refractivity contribution < 1.29 is 22.4 Å². The summed E-state index contributed by atoms with van der Waals surface area (Å²) in [5.74, 6) is -0.172. The van der Waals surface area contributed by atoms with Crippen LogP contribution in [0.2, 0.25) is 0 Å². The van der Waals surface area contributed by atoms with Crippen molar-refractivity contribution in [2.45, 2.75) is 31.9 Å². The number of aromatic amines is 1. The van der Waals surface area contributed by atoms with Crippen molar-refractivity contribution in [2.75, 3.05) is 5.32 Å². The number of H-pyrrole nitrogens is 1. The first-order valence-corrected chi connectivity index (χ1v) is 11.1. The van der Waals surface area contributed by atoms with E-state index in [1.807, 2.05) is 0 Å². The van der Waals surface area contributed by atoms with Crippen LogP contribution in [0.4, 0.5) is 18.9 Å². The molecule has 12 heteroatoms. The number of aryl methyl sites for hydroxylation is 1. The van der Waals surface area contributed by atoms with Crippen LogP contribution in [-0.2, 0) is 23.7 Å². The van der Waals surface area contributed by atoms with E-state index in [-0.39, 0.29) is 17.9 Å². The van der Waals surface area contributed by atoms with E-state index in [4.69, 9.17) is 9.83 Å². The molecule has 4 aromatic rings. The van der Waals surface area contributed by atoms with E-state index >= 15 is 0 Å². The topological polar surface area (TPSA) is 125 Å². The van der Waals surface area contributed by atoms with E-state index in [9.17, 15) is 18.0 Å². The van der Waals surface area contributed by atoms with Crippen LogP contribution in [0, 0.1) is 5.41 Å². The maximum atomic E-state index is 13.2. The molecule has 0 aliphatic carbocycles. The lowest BCUT2D eigenvalue weighted by Crippen LogP contribution is -2.35. The van der Waals surface area contributed by atoms with Gasteiger partial charge in [-0.2, -0.15) is 18.3 Å². The van der Waals surface area contributed by atoms with Crippen molar-refractivity contribution in [3.63, 3.8) is 0 Å². The van der Waals surface area contributed by atoms with E-state index in [0.29, 0.717) is 28.3 Å². The van der Waals surface area contributed by atoms with E-state index in [0.717, 1.165) is 25.7 Å². The SMILES string of the molecule is Cn1cc(/C(C=N)=C/c2ncc(-c3ccc(CC(=O)Nc4coc(C(C)(C)C(F)(F)F)c4)cn3)[nH]2)cn1. The molecule has 192 valence electrons. The lowest BCUT2D eigenvalue weighted by Gasteiger charge is -2.24. The van der Waals surface area contributed by atoms with Gasteiger partial charge in [0.2, 0.25) is 5.91 Å². The summed E-state index contributed by atoms with van der Waals surface area (Å²) < 4.78 is 46.3. The highest BCUT2D eigenvalue weighted by Gasteiger charge is 2.50. The number of aromatic nitrogens is 5. The Morgan fingerprint density at radius 3 is 2.62 bits per heavy atom. The molecule has 0 aliphatic heterocycles. The highest BCUT2D eigenvalue weighted by atomic mass is 19.4. The van der Waals surface area contributed by atoms with Crippen LogP contribution in [0.25, 0.3) is 23.0 Å². The average molecular weight is 512 g/mol. The molecule has 0 atom stereocenters. The zero-order valence-corrected chi connectivity index (χ0v) is 20.2. The minimum absolute atomic E-state index is 0.0266. The molecule has 0 unspecified atom stereocenters. The Balaban J connectivity index is 1.39. The van der Waals surface area contributed by atoms with Crippen molar-refractivity contribution >= 4 is 29.5 Å². The Hall–Kier alpha value is -4.48. The summed E-state index contributed by atoms with van der Waals surface area (Å²) in [4.78, 5) is 24.2. The molecule has 9 nitrogen and oxygen atoms in total. The number of imidazole rings is 1. The number of allylic oxidation sites excluding steroid dienone is 1. The molecule has 0 bridgehead atoms. The van der Waals surface area contributed by atoms with Crippen molar-refractivity contribution in [3.05, 3.63) is 72.0 Å². The lowest BCUT2D eigenvalue weighted by atomic mass is 9.89. The number of halogens is 3. The first-order valence-electron chi connectivity index (χ1n) is 11.1. The standard InChI is InChI=1S/C25H24F3N7O2/c1-24(2,25(26,27)28)21-8-18(14-37-21)33-23(36)6-15-4-5-19(30-10-15)20-12-31-22(34-20)7-16(9-29)17-11-32-35(3)13-17/h4-5,7-14,29H,6H2,1-3H3,(H,31,34)(H,33,36)/b16-7+,29-9?. The molecule has 4 heterocycles. The number of nitrogens with one attached hydrogen (secondary N) is 3. The number of rotatable bonds is 8. The number of alkyl halides is 3. The van der Waals surface area contributed by atoms with Gasteiger partial charge >= 0.3 is 6.18 Å². The van der Waals surface area contributed by atoms with Crippen LogP contribution in [0.15, 0.2) is 53.7 Å². The van der Waals surface area contributed by atoms with Crippen LogP contribution in [0.1, 0.15) is 36.6 Å². The normalized spacial score (nSPS) is 12.5. The summed E-state index contributed by atoms with van der Waals surface area (Å²) in [5, 5.41) is 14.3. The number of pyridine rings is 1. The molecule has 3 N–H and O–H groups in total. The number of hydrogen-bond acceptors (Lipinski definition) is 6. The second-order valence-corrected chi connectivity index (χ2v) is 8.93. The van der Waals surface area contributed by atoms with Gasteiger partial charge in [-0.3, -0.25) is 14.5 Å². The predicted octanol–water partition coefficient (Wildman–Crippen LogP) is 5.01. The third kappa shape index (κ3) is 5.68. The van der Waals surface area contributed by atoms with Gasteiger partial charge in [0.15, 0.2) is 0 Å². The molecule has 0 saturated heterocycles. The summed E-state index contributed by atoms with van der Waals surface area (Å²) in [6.07, 6.45) is 6.13. The van der Waals surface area contributed by atoms with Crippen LogP contribution >= 0.6 is 0 Å². The van der Waals surface area contributed by atoms with Crippen molar-refractivity contribution in [2.24, 2.45) is 7.05 Å². The van der Waals surface area contributed by atoms with Gasteiger partial charge in [0.1, 0.15) is 23.3 Å². The van der Waals surface area contributed by atoms with Gasteiger partial charge in [-0.15, -0.1) is 0 Å². The lowest BCUT2D eigenvalue weighted by molar-refractivity contribution is -0.184. The second-order valence-electron chi connectivity index (χ2n) is 8.93. The van der Waals surface area contributed by atoms with Gasteiger partial charge in [-0.1, -0.05) is 6.07 Å². The Bertz CT molecular complexity index is 1440. The number of nitrogens with zero attached hydrogens (tertiary/aromatic N) is 4. The molecule has 0 aliphatic rings. The average Bonchev–Trinajstić information content (AvgIpc) is 3.59. The number of anilines is 1. The molecular weight excluding hydrogens is 487 g/mol. The van der Waals surface area contributed by atoms with Crippen LogP contribution < -0.4 is 5.32 Å². The Morgan fingerprint density at radius 2 is 2.00 bits per heavy atom. The molecular formula is C25H24F3N7O2. The quantitative estimate of drug-likeness (QED) is 0.287. The molecule has 4 aromatic heterocycles. The van der Waals surface area contributed by atoms with Crippen molar-refractivity contribution in [3.8, 4) is 11.4 Å². The summed E-state index contributed by atoms with van der Waals surface area (Å²) in [7, 11) is 1.79. The molecule has 4 rings (SSSR count). The predicted molar refractivity (Wildman–Crippen MR) is 132 cm³/mol. The fourth-order valence-corrected chi connectivity index (χ4v) is 3.41. The van der Waals surface area contributed by atoms with Gasteiger partial charge in [0, 0.05) is 42.9 Å². The molecule has 0 saturated carbocycles. The van der Waals surface area contributed by atoms with Gasteiger partial charge in [-0.05, 0) is 31.6 Å². The third-order valence-electron chi connectivity index (χ3n) is 5.75. The van der Waals surface area contributed by atoms with Gasteiger partial charge in [0.25, 0.3) is 0 Å². The van der Waals surface area contributed by atoms with E-state index in [2.05, 4.69) is 25.4 Å². The largest absolute Gasteiger partial charge is 0.466 e. The maximum Gasteiger partial charge on any atom is 0.400 e. The molecule has 0 fully saturated rings. The zero-order valence-electron chi connectivity index (χ0n) is 20.2. The fourth-order valence-electron chi connectivity index (χ4n) is 3.41. The molecule has 0 aromatic carbocycles. The highest BCUT2D eigenvalue weighted by molar-refractivity contribution is 6.14. The molecule has 1 amide bonds. The third-order valence-corrected chi connectivity index (χ3v) is 5.75. The molecule has 0 spiro atoms. The summed E-state index contributed by atoms with van der Waals surface area (Å²) in [6.45, 7) is 2.02. The smallest absolute Gasteiger partial charge is 0.400 e. The van der Waals surface area contributed by atoms with Gasteiger partial charge in [-0.25, -0.2) is 4.98 Å². The summed E-state index contributed by atoms with van der Waals surface area (Å²) in [5.41, 5.74) is 1.25. The molecule has 37 heavy (non-hydrogen) atoms. The molecule has 0 radical (unpaired) electrons. The monoisotopic (exact) mass is 511 g/mol. The maximum absolute atomic E-state index is 13.2. The minimum Gasteiger partial charge on any atom is -0.466 e. The Kier molecular flexibility index (Phi) is 6.84. The first-order chi connectivity index (χ1) is 17.5. The highest BCUT2D eigenvalue weighted by Crippen LogP contribution is 2.41. The van der Waals surface area contributed by atoms with E-state index < -0.39 is 17.5 Å². The van der Waals surface area contributed by atoms with E-state index in [1.54, 1.807) is 48.5 Å². The van der Waals surface area contributed by atoms with Crippen LogP contribution in [-0.4, -0.2) is 43.0 Å². The van der Waals surface area contributed by atoms with Crippen molar-refractivity contribution in [1.82, 2.24) is 24.7 Å². The number of carbonyl (C=O) groups excluding carboxylic acids is 1. The van der Waals surface area contributed by atoms with Crippen LogP contribution in [0.3, 0.4) is 0 Å². The zero-order chi connectivity index (χ0) is 26.8. The summed E-state index contributed by atoms with van der Waals surface area (Å²) >= 11 is 0. The first kappa shape index (κ1) is 25.6.